The summed E-state index contributed by atoms with van der Waals surface area (Å²) in [6, 6.07) is 4.54. The third kappa shape index (κ3) is 3.50. The molecule has 0 spiro atoms. The van der Waals surface area contributed by atoms with Crippen LogP contribution in [-0.2, 0) is 12.8 Å². The van der Waals surface area contributed by atoms with Crippen molar-refractivity contribution in [3.8, 4) is 0 Å². The van der Waals surface area contributed by atoms with E-state index in [1.165, 1.54) is 23.5 Å². The summed E-state index contributed by atoms with van der Waals surface area (Å²) in [4.78, 5) is 37.0. The maximum Gasteiger partial charge on any atom is 0.287 e. The highest BCUT2D eigenvalue weighted by atomic mass is 35.5. The summed E-state index contributed by atoms with van der Waals surface area (Å²) in [5, 5.41) is 15.1. The van der Waals surface area contributed by atoms with Crippen molar-refractivity contribution in [2.24, 2.45) is 5.73 Å². The Morgan fingerprint density at radius 3 is 2.66 bits per heavy atom. The van der Waals surface area contributed by atoms with Gasteiger partial charge in [-0.3, -0.25) is 19.7 Å². The van der Waals surface area contributed by atoms with Crippen LogP contribution in [0.25, 0.3) is 10.1 Å². The molecule has 0 atom stereocenters. The summed E-state index contributed by atoms with van der Waals surface area (Å²) in [6.07, 6.45) is 4.72. The summed E-state index contributed by atoms with van der Waals surface area (Å²) < 4.78 is 0.338. The lowest BCUT2D eigenvalue weighted by Gasteiger charge is -2.05. The molecule has 0 bridgehead atoms. The lowest BCUT2D eigenvalue weighted by atomic mass is 10.1. The second-order valence-electron chi connectivity index (χ2n) is 6.74. The number of carbonyl (C=O) groups excluding carboxylic acids is 2. The fraction of sp³-hybridized carbons (Fsp3) is 0.263. The van der Waals surface area contributed by atoms with E-state index < -0.39 is 16.7 Å². The molecule has 1 aliphatic carbocycles. The number of fused-ring (bicyclic) bond motifs is 2. The van der Waals surface area contributed by atoms with E-state index in [0.717, 1.165) is 53.9 Å². The zero-order chi connectivity index (χ0) is 20.7. The minimum Gasteiger partial charge on any atom is -0.365 e. The lowest BCUT2D eigenvalue weighted by Crippen LogP contribution is -2.17. The van der Waals surface area contributed by atoms with Crippen molar-refractivity contribution in [1.82, 2.24) is 0 Å². The number of nitrogens with one attached hydrogen (secondary N) is 1. The second-order valence-corrected chi connectivity index (χ2v) is 9.25. The van der Waals surface area contributed by atoms with Crippen LogP contribution in [0.3, 0.4) is 0 Å². The first-order valence-corrected chi connectivity index (χ1v) is 11.0. The summed E-state index contributed by atoms with van der Waals surface area (Å²) in [5.74, 6) is -1.08. The van der Waals surface area contributed by atoms with Crippen LogP contribution in [0.15, 0.2) is 18.2 Å². The van der Waals surface area contributed by atoms with Crippen LogP contribution < -0.4 is 11.1 Å². The molecule has 2 aromatic heterocycles. The molecule has 7 nitrogen and oxygen atoms in total. The van der Waals surface area contributed by atoms with Crippen molar-refractivity contribution >= 4 is 66.9 Å². The van der Waals surface area contributed by atoms with Crippen LogP contribution >= 0.6 is 34.3 Å². The van der Waals surface area contributed by atoms with Crippen molar-refractivity contribution < 1.29 is 14.5 Å². The first-order chi connectivity index (χ1) is 13.9. The molecular weight excluding hydrogens is 434 g/mol. The van der Waals surface area contributed by atoms with Crippen LogP contribution in [0.2, 0.25) is 5.02 Å². The zero-order valence-electron chi connectivity index (χ0n) is 15.1. The van der Waals surface area contributed by atoms with Crippen LogP contribution in [0, 0.1) is 10.1 Å². The quantitative estimate of drug-likeness (QED) is 0.325. The third-order valence-electron chi connectivity index (χ3n) is 4.93. The predicted octanol–water partition coefficient (Wildman–Crippen LogP) is 5.14. The molecule has 0 saturated heterocycles. The van der Waals surface area contributed by atoms with E-state index in [0.29, 0.717) is 20.7 Å². The van der Waals surface area contributed by atoms with Gasteiger partial charge in [0.05, 0.1) is 15.5 Å². The van der Waals surface area contributed by atoms with Crippen LogP contribution in [0.4, 0.5) is 10.7 Å². The number of amides is 2. The Bertz CT molecular complexity index is 1170. The first-order valence-electron chi connectivity index (χ1n) is 8.99. The molecule has 29 heavy (non-hydrogen) atoms. The van der Waals surface area contributed by atoms with Gasteiger partial charge in [0.2, 0.25) is 0 Å². The molecule has 10 heteroatoms. The molecule has 0 unspecified atom stereocenters. The van der Waals surface area contributed by atoms with Gasteiger partial charge in [-0.15, -0.1) is 22.7 Å². The number of primary amides is 1. The number of hydrogen-bond donors (Lipinski definition) is 2. The van der Waals surface area contributed by atoms with Gasteiger partial charge in [-0.1, -0.05) is 30.2 Å². The van der Waals surface area contributed by atoms with E-state index in [2.05, 4.69) is 5.32 Å². The number of halogens is 1. The van der Waals surface area contributed by atoms with E-state index in [1.807, 2.05) is 0 Å². The molecule has 1 aromatic carbocycles. The number of nitrogens with zero attached hydrogens (tertiary/aromatic N) is 1. The van der Waals surface area contributed by atoms with Crippen molar-refractivity contribution in [3.05, 3.63) is 54.2 Å². The number of thiophene rings is 2. The number of benzene rings is 1. The predicted molar refractivity (Wildman–Crippen MR) is 116 cm³/mol. The SMILES string of the molecule is NC(=O)c1c(NC(=O)c2sc3c([N+](=O)[O-])cccc3c2Cl)sc2c1CCCCC2. The Hall–Kier alpha value is -2.49. The Kier molecular flexibility index (Phi) is 5.28. The van der Waals surface area contributed by atoms with Gasteiger partial charge in [0.1, 0.15) is 14.6 Å². The number of nitro benzene ring substituents is 1. The third-order valence-corrected chi connectivity index (χ3v) is 7.87. The fourth-order valence-corrected chi connectivity index (χ4v) is 6.39. The summed E-state index contributed by atoms with van der Waals surface area (Å²) in [6.45, 7) is 0. The smallest absolute Gasteiger partial charge is 0.287 e. The second kappa shape index (κ2) is 7.74. The number of non-ortho nitro benzene ring substituents is 1. The number of hydrogen-bond acceptors (Lipinski definition) is 6. The van der Waals surface area contributed by atoms with Gasteiger partial charge in [0.25, 0.3) is 17.5 Å². The van der Waals surface area contributed by atoms with E-state index in [9.17, 15) is 19.7 Å². The van der Waals surface area contributed by atoms with Crippen molar-refractivity contribution in [2.75, 3.05) is 5.32 Å². The summed E-state index contributed by atoms with van der Waals surface area (Å²) >= 11 is 8.69. The number of nitrogens with two attached hydrogens (primary N) is 1. The minimum absolute atomic E-state index is 0.103. The lowest BCUT2D eigenvalue weighted by molar-refractivity contribution is -0.382. The standard InChI is InChI=1S/C19H16ClN3O4S2/c20-14-10-6-4-7-11(23(26)27)15(10)29-16(14)18(25)22-19-13(17(21)24)9-5-2-1-3-8-12(9)28-19/h4,6-7H,1-3,5,8H2,(H2,21,24)(H,22,25). The largest absolute Gasteiger partial charge is 0.365 e. The van der Waals surface area contributed by atoms with E-state index in [4.69, 9.17) is 17.3 Å². The van der Waals surface area contributed by atoms with Gasteiger partial charge in [-0.05, 0) is 31.2 Å². The number of rotatable bonds is 4. The molecule has 2 amide bonds. The maximum absolute atomic E-state index is 12.9. The Morgan fingerprint density at radius 2 is 1.93 bits per heavy atom. The van der Waals surface area contributed by atoms with Crippen LogP contribution in [0.5, 0.6) is 0 Å². The highest BCUT2D eigenvalue weighted by Gasteiger charge is 2.27. The fourth-order valence-electron chi connectivity index (χ4n) is 3.62. The van der Waals surface area contributed by atoms with Gasteiger partial charge in [0, 0.05) is 16.3 Å². The maximum atomic E-state index is 12.9. The summed E-state index contributed by atoms with van der Waals surface area (Å²) in [7, 11) is 0. The Balaban J connectivity index is 1.74. The van der Waals surface area contributed by atoms with Gasteiger partial charge < -0.3 is 11.1 Å². The van der Waals surface area contributed by atoms with Gasteiger partial charge in [-0.25, -0.2) is 0 Å². The molecule has 3 aromatic rings. The van der Waals surface area contributed by atoms with Crippen molar-refractivity contribution in [3.63, 3.8) is 0 Å². The van der Waals surface area contributed by atoms with E-state index in [-0.39, 0.29) is 15.6 Å². The van der Waals surface area contributed by atoms with E-state index >= 15 is 0 Å². The van der Waals surface area contributed by atoms with Gasteiger partial charge >= 0.3 is 0 Å². The molecular formula is C19H16ClN3O4S2. The highest BCUT2D eigenvalue weighted by Crippen LogP contribution is 2.42. The zero-order valence-corrected chi connectivity index (χ0v) is 17.5. The molecule has 0 saturated carbocycles. The molecule has 3 N–H and O–H groups in total. The van der Waals surface area contributed by atoms with E-state index in [1.54, 1.807) is 6.07 Å². The number of nitro groups is 1. The van der Waals surface area contributed by atoms with Crippen LogP contribution in [0.1, 0.15) is 49.7 Å². The highest BCUT2D eigenvalue weighted by molar-refractivity contribution is 7.22. The van der Waals surface area contributed by atoms with Gasteiger partial charge in [-0.2, -0.15) is 0 Å². The number of aryl methyl sites for hydroxylation is 1. The molecule has 2 heterocycles. The minimum atomic E-state index is -0.572. The Morgan fingerprint density at radius 1 is 1.17 bits per heavy atom. The first kappa shape index (κ1) is 19.8. The van der Waals surface area contributed by atoms with Crippen molar-refractivity contribution in [2.45, 2.75) is 32.1 Å². The van der Waals surface area contributed by atoms with Gasteiger partial charge in [0.15, 0.2) is 0 Å². The summed E-state index contributed by atoms with van der Waals surface area (Å²) in [5.41, 5.74) is 6.80. The molecule has 0 fully saturated rings. The van der Waals surface area contributed by atoms with Crippen molar-refractivity contribution in [1.29, 1.82) is 0 Å². The molecule has 150 valence electrons. The normalized spacial score (nSPS) is 13.7. The monoisotopic (exact) mass is 449 g/mol. The molecule has 4 rings (SSSR count). The Labute approximate surface area is 178 Å². The number of carbonyl (C=O) groups is 2. The molecule has 0 aliphatic heterocycles. The topological polar surface area (TPSA) is 115 Å². The average molecular weight is 450 g/mol. The number of anilines is 1. The van der Waals surface area contributed by atoms with Crippen LogP contribution in [-0.4, -0.2) is 16.7 Å². The molecule has 0 radical (unpaired) electrons. The average Bonchev–Trinajstić information content (AvgIpc) is 3.10. The molecule has 1 aliphatic rings.